The number of benzene rings is 1. The van der Waals surface area contributed by atoms with Gasteiger partial charge in [-0.25, -0.2) is 0 Å². The molecule has 1 N–H and O–H groups in total. The summed E-state index contributed by atoms with van der Waals surface area (Å²) in [5.41, 5.74) is 1.20. The van der Waals surface area contributed by atoms with Crippen LogP contribution in [0.25, 0.3) is 0 Å². The number of aliphatic imine (C=N–C) groups is 1. The average Bonchev–Trinajstić information content (AvgIpc) is 3.01. The summed E-state index contributed by atoms with van der Waals surface area (Å²) in [5.74, 6) is 3.32. The minimum absolute atomic E-state index is 0. The van der Waals surface area contributed by atoms with Gasteiger partial charge in [-0.15, -0.1) is 34.2 Å². The molecule has 0 amide bonds. The van der Waals surface area contributed by atoms with Crippen LogP contribution in [0.4, 0.5) is 5.69 Å². The Hall–Kier alpha value is -1.55. The van der Waals surface area contributed by atoms with Crippen molar-refractivity contribution >= 4 is 47.2 Å². The molecule has 0 bridgehead atoms. The van der Waals surface area contributed by atoms with Gasteiger partial charge in [-0.3, -0.25) is 4.99 Å². The summed E-state index contributed by atoms with van der Waals surface area (Å²) in [6, 6.07) is 8.12. The van der Waals surface area contributed by atoms with Crippen molar-refractivity contribution in [3.8, 4) is 0 Å². The number of aryl methyl sites for hydroxylation is 2. The van der Waals surface area contributed by atoms with Crippen molar-refractivity contribution in [2.75, 3.05) is 44.2 Å². The number of piperazine rings is 1. The Labute approximate surface area is 213 Å². The molecule has 1 saturated heterocycles. The number of hydrogen-bond donors (Lipinski definition) is 1. The third-order valence-electron chi connectivity index (χ3n) is 6.09. The highest BCUT2D eigenvalue weighted by atomic mass is 127. The van der Waals surface area contributed by atoms with Crippen LogP contribution in [0.3, 0.4) is 0 Å². The van der Waals surface area contributed by atoms with E-state index in [4.69, 9.17) is 16.6 Å². The first-order valence-corrected chi connectivity index (χ1v) is 12.1. The number of rotatable bonds is 6. The van der Waals surface area contributed by atoms with Crippen LogP contribution in [0.2, 0.25) is 5.02 Å². The fourth-order valence-corrected chi connectivity index (χ4v) is 4.61. The van der Waals surface area contributed by atoms with Gasteiger partial charge in [0.15, 0.2) is 5.96 Å². The van der Waals surface area contributed by atoms with E-state index >= 15 is 0 Å². The number of hydrogen-bond acceptors (Lipinski definition) is 4. The summed E-state index contributed by atoms with van der Waals surface area (Å²) < 4.78 is 2.34. The van der Waals surface area contributed by atoms with Crippen LogP contribution in [-0.4, -0.2) is 64.9 Å². The fraction of sp³-hybridized carbons (Fsp3) is 0.609. The second-order valence-corrected chi connectivity index (χ2v) is 8.72. The van der Waals surface area contributed by atoms with E-state index in [2.05, 4.69) is 42.9 Å². The van der Waals surface area contributed by atoms with E-state index in [1.165, 1.54) is 30.8 Å². The molecule has 2 aromatic rings. The lowest BCUT2D eigenvalue weighted by atomic mass is 10.2. The maximum atomic E-state index is 6.16. The van der Waals surface area contributed by atoms with E-state index in [1.807, 2.05) is 18.2 Å². The van der Waals surface area contributed by atoms with Gasteiger partial charge in [-0.1, -0.05) is 24.1 Å². The highest BCUT2D eigenvalue weighted by Gasteiger charge is 2.20. The minimum Gasteiger partial charge on any atom is -0.368 e. The fourth-order valence-electron chi connectivity index (χ4n) is 4.43. The van der Waals surface area contributed by atoms with E-state index in [0.717, 1.165) is 81.9 Å². The Kier molecular flexibility index (Phi) is 9.90. The van der Waals surface area contributed by atoms with Gasteiger partial charge < -0.3 is 19.7 Å². The first-order valence-electron chi connectivity index (χ1n) is 11.7. The van der Waals surface area contributed by atoms with Gasteiger partial charge in [-0.05, 0) is 44.4 Å². The van der Waals surface area contributed by atoms with E-state index < -0.39 is 0 Å². The summed E-state index contributed by atoms with van der Waals surface area (Å²) in [6.45, 7) is 8.73. The predicted molar refractivity (Wildman–Crippen MR) is 143 cm³/mol. The van der Waals surface area contributed by atoms with Gasteiger partial charge >= 0.3 is 0 Å². The first kappa shape index (κ1) is 25.1. The zero-order valence-electron chi connectivity index (χ0n) is 19.0. The first-order chi connectivity index (χ1) is 15.2. The zero-order chi connectivity index (χ0) is 21.5. The number of nitrogens with zero attached hydrogens (tertiary/aromatic N) is 6. The van der Waals surface area contributed by atoms with E-state index in [1.54, 1.807) is 0 Å². The molecule has 0 saturated carbocycles. The van der Waals surface area contributed by atoms with Crippen LogP contribution in [0.1, 0.15) is 44.3 Å². The smallest absolute Gasteiger partial charge is 0.194 e. The molecular weight excluding hydrogens is 537 g/mol. The van der Waals surface area contributed by atoms with E-state index in [9.17, 15) is 0 Å². The molecule has 7 nitrogen and oxygen atoms in total. The summed E-state index contributed by atoms with van der Waals surface area (Å²) in [7, 11) is 0. The molecule has 3 heterocycles. The van der Waals surface area contributed by atoms with Crippen molar-refractivity contribution < 1.29 is 0 Å². The molecule has 4 rings (SSSR count). The van der Waals surface area contributed by atoms with Crippen molar-refractivity contribution in [1.29, 1.82) is 0 Å². The number of halogens is 2. The Morgan fingerprint density at radius 2 is 1.94 bits per heavy atom. The third kappa shape index (κ3) is 6.50. The van der Waals surface area contributed by atoms with Gasteiger partial charge in [0.1, 0.15) is 11.6 Å². The molecule has 0 spiro atoms. The minimum atomic E-state index is 0. The quantitative estimate of drug-likeness (QED) is 0.246. The Morgan fingerprint density at radius 1 is 1.09 bits per heavy atom. The van der Waals surface area contributed by atoms with Crippen LogP contribution in [0, 0.1) is 0 Å². The molecule has 1 aromatic carbocycles. The van der Waals surface area contributed by atoms with Crippen LogP contribution in [-0.2, 0) is 19.4 Å². The molecule has 9 heteroatoms. The summed E-state index contributed by atoms with van der Waals surface area (Å²) in [5, 5.41) is 13.1. The maximum Gasteiger partial charge on any atom is 0.194 e. The molecule has 1 aromatic heterocycles. The molecule has 2 aliphatic rings. The van der Waals surface area contributed by atoms with Crippen molar-refractivity contribution in [2.45, 2.75) is 52.0 Å². The van der Waals surface area contributed by atoms with Crippen molar-refractivity contribution in [1.82, 2.24) is 25.0 Å². The van der Waals surface area contributed by atoms with Crippen LogP contribution >= 0.6 is 35.6 Å². The van der Waals surface area contributed by atoms with E-state index in [0.29, 0.717) is 0 Å². The summed E-state index contributed by atoms with van der Waals surface area (Å²) in [6.07, 6.45) is 6.77. The Morgan fingerprint density at radius 3 is 2.72 bits per heavy atom. The topological polar surface area (TPSA) is 61.6 Å². The Balaban J connectivity index is 0.00000289. The van der Waals surface area contributed by atoms with Crippen LogP contribution < -0.4 is 10.2 Å². The summed E-state index contributed by atoms with van der Waals surface area (Å²) >= 11 is 6.16. The average molecular weight is 572 g/mol. The molecule has 1 fully saturated rings. The molecule has 176 valence electrons. The monoisotopic (exact) mass is 571 g/mol. The second kappa shape index (κ2) is 12.6. The van der Waals surface area contributed by atoms with Crippen molar-refractivity contribution in [3.05, 3.63) is 40.9 Å². The van der Waals surface area contributed by atoms with Crippen LogP contribution in [0.15, 0.2) is 29.3 Å². The number of fused-ring (bicyclic) bond motifs is 1. The standard InChI is InChI=1S/C23H34ClN7.HI/c1-2-25-23(30-16-14-29(15-17-30)20-9-6-8-19(24)18-20)26-12-7-11-22-28-27-21-10-4-3-5-13-31(21)22;/h6,8-9,18H,2-5,7,10-17H2,1H3,(H,25,26);1H. The third-order valence-corrected chi connectivity index (χ3v) is 6.33. The Bertz CT molecular complexity index is 877. The molecule has 0 radical (unpaired) electrons. The maximum absolute atomic E-state index is 6.16. The molecule has 2 aliphatic heterocycles. The van der Waals surface area contributed by atoms with E-state index in [-0.39, 0.29) is 24.0 Å². The van der Waals surface area contributed by atoms with Gasteiger partial charge in [0.05, 0.1) is 0 Å². The molecular formula is C23H35ClIN7. The SMILES string of the molecule is CCNC(=NCCCc1nnc2n1CCCCC2)N1CCN(c2cccc(Cl)c2)CC1.I. The van der Waals surface area contributed by atoms with Crippen LogP contribution in [0.5, 0.6) is 0 Å². The number of nitrogens with one attached hydrogen (secondary N) is 1. The lowest BCUT2D eigenvalue weighted by molar-refractivity contribution is 0.372. The van der Waals surface area contributed by atoms with Crippen molar-refractivity contribution in [2.24, 2.45) is 4.99 Å². The van der Waals surface area contributed by atoms with Gasteiger partial charge in [-0.2, -0.15) is 0 Å². The van der Waals surface area contributed by atoms with Gasteiger partial charge in [0, 0.05) is 69.4 Å². The highest BCUT2D eigenvalue weighted by Crippen LogP contribution is 2.21. The van der Waals surface area contributed by atoms with Gasteiger partial charge in [0.25, 0.3) is 0 Å². The molecule has 0 unspecified atom stereocenters. The highest BCUT2D eigenvalue weighted by molar-refractivity contribution is 14.0. The predicted octanol–water partition coefficient (Wildman–Crippen LogP) is 4.00. The number of guanidine groups is 1. The lowest BCUT2D eigenvalue weighted by Crippen LogP contribution is -2.52. The second-order valence-electron chi connectivity index (χ2n) is 8.29. The number of aromatic nitrogens is 3. The summed E-state index contributed by atoms with van der Waals surface area (Å²) in [4.78, 5) is 9.67. The zero-order valence-corrected chi connectivity index (χ0v) is 22.1. The normalized spacial score (nSPS) is 16.9. The lowest BCUT2D eigenvalue weighted by Gasteiger charge is -2.37. The van der Waals surface area contributed by atoms with Gasteiger partial charge in [0.2, 0.25) is 0 Å². The molecule has 0 aliphatic carbocycles. The molecule has 0 atom stereocenters. The van der Waals surface area contributed by atoms with Crippen molar-refractivity contribution in [3.63, 3.8) is 0 Å². The molecule has 32 heavy (non-hydrogen) atoms. The number of anilines is 1. The largest absolute Gasteiger partial charge is 0.368 e.